The van der Waals surface area contributed by atoms with Crippen LogP contribution in [-0.4, -0.2) is 10.8 Å². The van der Waals surface area contributed by atoms with E-state index in [1.807, 2.05) is 36.6 Å². The number of hydrogen-bond acceptors (Lipinski definition) is 1. The maximum atomic E-state index is 11.4. The molecule has 1 N–H and O–H groups in total. The average molecular weight is 159 g/mol. The fourth-order valence-corrected chi connectivity index (χ4v) is 1.28. The van der Waals surface area contributed by atoms with Gasteiger partial charge in [0.2, 0.25) is 0 Å². The molecule has 2 nitrogen and oxygen atoms in total. The Labute approximate surface area is 70.6 Å². The maximum Gasteiger partial charge on any atom is 0.168 e. The maximum absolute atomic E-state index is 11.4. The first kappa shape index (κ1) is 7.10. The molecule has 2 heteroatoms. The van der Waals surface area contributed by atoms with Crippen molar-refractivity contribution < 1.29 is 4.79 Å². The summed E-state index contributed by atoms with van der Waals surface area (Å²) in [5.74, 6) is 0.181. The SMILES string of the molecule is O=C1CC=CC=C1c1ccc[nH]1. The summed E-state index contributed by atoms with van der Waals surface area (Å²) in [6, 6.07) is 3.80. The normalized spacial score (nSPS) is 16.3. The van der Waals surface area contributed by atoms with Gasteiger partial charge in [0, 0.05) is 23.9 Å². The van der Waals surface area contributed by atoms with Crippen LogP contribution in [-0.2, 0) is 4.79 Å². The van der Waals surface area contributed by atoms with Crippen LogP contribution in [0.15, 0.2) is 36.6 Å². The lowest BCUT2D eigenvalue weighted by atomic mass is 10.0. The number of nitrogens with one attached hydrogen (secondary N) is 1. The van der Waals surface area contributed by atoms with E-state index in [0.29, 0.717) is 6.42 Å². The van der Waals surface area contributed by atoms with Crippen molar-refractivity contribution in [3.8, 4) is 0 Å². The highest BCUT2D eigenvalue weighted by molar-refractivity contribution is 6.21. The van der Waals surface area contributed by atoms with Gasteiger partial charge in [0.25, 0.3) is 0 Å². The lowest BCUT2D eigenvalue weighted by Gasteiger charge is -2.04. The third-order valence-electron chi connectivity index (χ3n) is 1.89. The third-order valence-corrected chi connectivity index (χ3v) is 1.89. The quantitative estimate of drug-likeness (QED) is 0.667. The molecule has 0 atom stereocenters. The van der Waals surface area contributed by atoms with Gasteiger partial charge in [-0.3, -0.25) is 4.79 Å². The molecular formula is C10H9NO. The summed E-state index contributed by atoms with van der Waals surface area (Å²) in [7, 11) is 0. The van der Waals surface area contributed by atoms with Crippen LogP contribution in [0.1, 0.15) is 12.1 Å². The van der Waals surface area contributed by atoms with E-state index >= 15 is 0 Å². The zero-order valence-electron chi connectivity index (χ0n) is 6.58. The van der Waals surface area contributed by atoms with E-state index in [0.717, 1.165) is 11.3 Å². The van der Waals surface area contributed by atoms with Crippen molar-refractivity contribution in [2.45, 2.75) is 6.42 Å². The summed E-state index contributed by atoms with van der Waals surface area (Å²) in [4.78, 5) is 14.4. The van der Waals surface area contributed by atoms with Crippen LogP contribution in [0, 0.1) is 0 Å². The molecular weight excluding hydrogens is 150 g/mol. The van der Waals surface area contributed by atoms with E-state index in [-0.39, 0.29) is 5.78 Å². The zero-order chi connectivity index (χ0) is 8.39. The van der Waals surface area contributed by atoms with E-state index in [9.17, 15) is 4.79 Å². The van der Waals surface area contributed by atoms with Crippen molar-refractivity contribution in [1.29, 1.82) is 0 Å². The predicted molar refractivity (Wildman–Crippen MR) is 47.5 cm³/mol. The van der Waals surface area contributed by atoms with Gasteiger partial charge in [0.05, 0.1) is 0 Å². The second-order valence-corrected chi connectivity index (χ2v) is 2.72. The topological polar surface area (TPSA) is 32.9 Å². The molecule has 0 unspecified atom stereocenters. The molecule has 1 heterocycles. The van der Waals surface area contributed by atoms with Crippen LogP contribution >= 0.6 is 0 Å². The van der Waals surface area contributed by atoms with E-state index in [1.54, 1.807) is 0 Å². The first-order valence-electron chi connectivity index (χ1n) is 3.92. The smallest absolute Gasteiger partial charge is 0.168 e. The van der Waals surface area contributed by atoms with Crippen LogP contribution in [0.2, 0.25) is 0 Å². The van der Waals surface area contributed by atoms with Crippen LogP contribution in [0.3, 0.4) is 0 Å². The Balaban J connectivity index is 2.40. The van der Waals surface area contributed by atoms with Crippen LogP contribution in [0.5, 0.6) is 0 Å². The number of ketones is 1. The second-order valence-electron chi connectivity index (χ2n) is 2.72. The second kappa shape index (κ2) is 2.81. The molecule has 0 aliphatic heterocycles. The Bertz CT molecular complexity index is 344. The van der Waals surface area contributed by atoms with E-state index in [2.05, 4.69) is 4.98 Å². The Kier molecular flexibility index (Phi) is 1.67. The van der Waals surface area contributed by atoms with Crippen molar-refractivity contribution in [3.05, 3.63) is 42.3 Å². The first-order chi connectivity index (χ1) is 5.88. The monoisotopic (exact) mass is 159 g/mol. The minimum absolute atomic E-state index is 0.181. The number of carbonyl (C=O) groups is 1. The average Bonchev–Trinajstić information content (AvgIpc) is 2.57. The van der Waals surface area contributed by atoms with Gasteiger partial charge in [-0.1, -0.05) is 12.2 Å². The number of Topliss-reactive ketones (excluding diaryl/α,β-unsaturated/α-hetero) is 1. The molecule has 0 spiro atoms. The summed E-state index contributed by atoms with van der Waals surface area (Å²) < 4.78 is 0. The molecule has 0 saturated heterocycles. The number of aromatic nitrogens is 1. The number of allylic oxidation sites excluding steroid dienone is 4. The molecule has 1 aromatic rings. The van der Waals surface area contributed by atoms with Gasteiger partial charge in [-0.25, -0.2) is 0 Å². The van der Waals surface area contributed by atoms with E-state index < -0.39 is 0 Å². The van der Waals surface area contributed by atoms with Crippen molar-refractivity contribution in [3.63, 3.8) is 0 Å². The summed E-state index contributed by atoms with van der Waals surface area (Å²) in [5, 5.41) is 0. The van der Waals surface area contributed by atoms with Gasteiger partial charge in [-0.15, -0.1) is 0 Å². The van der Waals surface area contributed by atoms with Gasteiger partial charge in [0.1, 0.15) is 0 Å². The van der Waals surface area contributed by atoms with Gasteiger partial charge >= 0.3 is 0 Å². The lowest BCUT2D eigenvalue weighted by Crippen LogP contribution is -2.02. The molecule has 0 amide bonds. The number of H-pyrrole nitrogens is 1. The summed E-state index contributed by atoms with van der Waals surface area (Å²) in [6.07, 6.45) is 7.97. The molecule has 0 bridgehead atoms. The standard InChI is InChI=1S/C10H9NO/c12-10-6-2-1-4-8(10)9-5-3-7-11-9/h1-5,7,11H,6H2. The Morgan fingerprint density at radius 3 is 3.00 bits per heavy atom. The Morgan fingerprint density at radius 1 is 1.42 bits per heavy atom. The molecule has 60 valence electrons. The van der Waals surface area contributed by atoms with Crippen molar-refractivity contribution in [2.75, 3.05) is 0 Å². The number of carbonyl (C=O) groups excluding carboxylic acids is 1. The largest absolute Gasteiger partial charge is 0.361 e. The lowest BCUT2D eigenvalue weighted by molar-refractivity contribution is -0.113. The minimum atomic E-state index is 0.181. The van der Waals surface area contributed by atoms with Gasteiger partial charge in [-0.2, -0.15) is 0 Å². The van der Waals surface area contributed by atoms with Gasteiger partial charge in [0.15, 0.2) is 5.78 Å². The predicted octanol–water partition coefficient (Wildman–Crippen LogP) is 1.93. The van der Waals surface area contributed by atoms with Crippen molar-refractivity contribution >= 4 is 11.4 Å². The molecule has 1 aliphatic rings. The molecule has 12 heavy (non-hydrogen) atoms. The third kappa shape index (κ3) is 1.11. The summed E-state index contributed by atoms with van der Waals surface area (Å²) >= 11 is 0. The minimum Gasteiger partial charge on any atom is -0.361 e. The van der Waals surface area contributed by atoms with Crippen molar-refractivity contribution in [1.82, 2.24) is 4.98 Å². The van der Waals surface area contributed by atoms with Crippen LogP contribution < -0.4 is 0 Å². The highest BCUT2D eigenvalue weighted by Gasteiger charge is 2.12. The Morgan fingerprint density at radius 2 is 2.33 bits per heavy atom. The fraction of sp³-hybridized carbons (Fsp3) is 0.100. The van der Waals surface area contributed by atoms with Crippen LogP contribution in [0.25, 0.3) is 5.57 Å². The van der Waals surface area contributed by atoms with E-state index in [1.165, 1.54) is 0 Å². The molecule has 0 saturated carbocycles. The first-order valence-corrected chi connectivity index (χ1v) is 3.92. The number of hydrogen-bond donors (Lipinski definition) is 1. The highest BCUT2D eigenvalue weighted by Crippen LogP contribution is 2.18. The highest BCUT2D eigenvalue weighted by atomic mass is 16.1. The molecule has 0 aromatic carbocycles. The molecule has 1 aliphatic carbocycles. The zero-order valence-corrected chi connectivity index (χ0v) is 6.58. The van der Waals surface area contributed by atoms with Crippen molar-refractivity contribution in [2.24, 2.45) is 0 Å². The molecule has 2 rings (SSSR count). The Hall–Kier alpha value is -1.57. The fourth-order valence-electron chi connectivity index (χ4n) is 1.28. The van der Waals surface area contributed by atoms with Gasteiger partial charge in [-0.05, 0) is 18.2 Å². The van der Waals surface area contributed by atoms with Crippen LogP contribution in [0.4, 0.5) is 0 Å². The number of aromatic amines is 1. The molecule has 1 aromatic heterocycles. The van der Waals surface area contributed by atoms with E-state index in [4.69, 9.17) is 0 Å². The summed E-state index contributed by atoms with van der Waals surface area (Å²) in [6.45, 7) is 0. The van der Waals surface area contributed by atoms with Gasteiger partial charge < -0.3 is 4.98 Å². The molecule has 0 fully saturated rings. The number of rotatable bonds is 1. The summed E-state index contributed by atoms with van der Waals surface area (Å²) in [5.41, 5.74) is 1.69. The molecule has 0 radical (unpaired) electrons.